The molecule has 468 valence electrons. The Morgan fingerprint density at radius 2 is 0.688 bits per heavy atom. The van der Waals surface area contributed by atoms with Gasteiger partial charge in [0.25, 0.3) is 0 Å². The Labute approximate surface area is 495 Å². The van der Waals surface area contributed by atoms with Gasteiger partial charge in [-0.05, 0) is 57.8 Å². The highest BCUT2D eigenvalue weighted by Gasteiger charge is 2.26. The van der Waals surface area contributed by atoms with Gasteiger partial charge in [-0.3, -0.25) is 18.6 Å². The van der Waals surface area contributed by atoms with E-state index in [9.17, 15) is 19.0 Å². The number of allylic oxidation sites excluding steroid dienone is 10. The summed E-state index contributed by atoms with van der Waals surface area (Å²) >= 11 is 0. The molecule has 10 heteroatoms. The first kappa shape index (κ1) is 77.7. The fourth-order valence-corrected chi connectivity index (χ4v) is 10.9. The van der Waals surface area contributed by atoms with Gasteiger partial charge in [-0.1, -0.05) is 331 Å². The molecular weight excluding hydrogens is 1010 g/mol. The maximum Gasteiger partial charge on any atom is 0.472 e. The van der Waals surface area contributed by atoms with E-state index >= 15 is 0 Å². The standard InChI is InChI=1S/C70H130NO8P/c1-3-5-7-9-11-13-15-17-19-21-23-24-25-26-27-28-29-30-31-32-33-34-35-36-37-38-39-40-41-42-43-44-45-47-49-51-53-55-57-59-61-63-70(73)79-68(67-78-80(74,75)77-65-64-71)66-76-69(72)62-60-58-56-54-52-50-48-46-22-20-18-16-14-12-10-8-6-4-2/h5,7,11,13,17,19,23-24,26-27,68H,3-4,6,8-10,12,14-16,18,20-22,25,28-67,71H2,1-2H3,(H,74,75)/b7-5-,13-11-,19-17-,24-23-,27-26-. The zero-order valence-corrected chi connectivity index (χ0v) is 53.5. The predicted octanol–water partition coefficient (Wildman–Crippen LogP) is 22.2. The largest absolute Gasteiger partial charge is 0.472 e. The highest BCUT2D eigenvalue weighted by Crippen LogP contribution is 2.43. The van der Waals surface area contributed by atoms with Gasteiger partial charge in [0.15, 0.2) is 6.10 Å². The number of carbonyl (C=O) groups is 2. The number of unbranched alkanes of at least 4 members (excludes halogenated alkanes) is 42. The minimum absolute atomic E-state index is 0.0560. The van der Waals surface area contributed by atoms with Crippen molar-refractivity contribution in [2.45, 2.75) is 347 Å². The fourth-order valence-electron chi connectivity index (χ4n) is 10.1. The van der Waals surface area contributed by atoms with Crippen molar-refractivity contribution < 1.29 is 37.6 Å². The maximum atomic E-state index is 12.7. The van der Waals surface area contributed by atoms with Gasteiger partial charge in [-0.2, -0.15) is 0 Å². The number of nitrogens with two attached hydrogens (primary N) is 1. The number of phosphoric ester groups is 1. The second-order valence-corrected chi connectivity index (χ2v) is 24.5. The first-order chi connectivity index (χ1) is 39.3. The molecule has 0 aromatic heterocycles. The third-order valence-electron chi connectivity index (χ3n) is 15.2. The monoisotopic (exact) mass is 1140 g/mol. The molecule has 3 N–H and O–H groups in total. The van der Waals surface area contributed by atoms with Gasteiger partial charge in [-0.25, -0.2) is 4.57 Å². The van der Waals surface area contributed by atoms with E-state index in [1.807, 2.05) is 0 Å². The summed E-state index contributed by atoms with van der Waals surface area (Å²) in [7, 11) is -4.39. The highest BCUT2D eigenvalue weighted by atomic mass is 31.2. The Hall–Kier alpha value is -2.29. The van der Waals surface area contributed by atoms with Crippen LogP contribution in [0.25, 0.3) is 0 Å². The number of hydrogen-bond acceptors (Lipinski definition) is 8. The number of rotatable bonds is 65. The van der Waals surface area contributed by atoms with Gasteiger partial charge in [0.05, 0.1) is 13.2 Å². The zero-order chi connectivity index (χ0) is 58.0. The Morgan fingerprint density at radius 3 is 1.02 bits per heavy atom. The number of carbonyl (C=O) groups excluding carboxylic acids is 2. The van der Waals surface area contributed by atoms with Crippen LogP contribution in [0.3, 0.4) is 0 Å². The lowest BCUT2D eigenvalue weighted by Crippen LogP contribution is -2.29. The van der Waals surface area contributed by atoms with Gasteiger partial charge >= 0.3 is 19.8 Å². The average Bonchev–Trinajstić information content (AvgIpc) is 3.45. The third kappa shape index (κ3) is 64.9. The molecule has 80 heavy (non-hydrogen) atoms. The molecule has 0 heterocycles. The fraction of sp³-hybridized carbons (Fsp3) is 0.829. The third-order valence-corrected chi connectivity index (χ3v) is 16.2. The summed E-state index contributed by atoms with van der Waals surface area (Å²) in [5.41, 5.74) is 5.39. The molecule has 0 saturated heterocycles. The Morgan fingerprint density at radius 1 is 0.388 bits per heavy atom. The quantitative estimate of drug-likeness (QED) is 0.0264. The number of ether oxygens (including phenoxy) is 2. The molecule has 0 spiro atoms. The van der Waals surface area contributed by atoms with E-state index < -0.39 is 26.5 Å². The molecule has 2 unspecified atom stereocenters. The molecule has 0 aromatic carbocycles. The van der Waals surface area contributed by atoms with Crippen molar-refractivity contribution in [1.29, 1.82) is 0 Å². The second kappa shape index (κ2) is 65.9. The van der Waals surface area contributed by atoms with Crippen LogP contribution >= 0.6 is 7.82 Å². The summed E-state index contributed by atoms with van der Waals surface area (Å²) in [5, 5.41) is 0. The van der Waals surface area contributed by atoms with Crippen LogP contribution < -0.4 is 5.73 Å². The average molecular weight is 1140 g/mol. The van der Waals surface area contributed by atoms with Crippen molar-refractivity contribution in [2.75, 3.05) is 26.4 Å². The number of hydrogen-bond donors (Lipinski definition) is 2. The van der Waals surface area contributed by atoms with Gasteiger partial charge < -0.3 is 20.1 Å². The summed E-state index contributed by atoms with van der Waals surface area (Å²) in [4.78, 5) is 35.3. The van der Waals surface area contributed by atoms with Gasteiger partial charge in [0.1, 0.15) is 6.61 Å². The molecule has 0 fully saturated rings. The van der Waals surface area contributed by atoms with Crippen LogP contribution in [0.15, 0.2) is 60.8 Å². The molecule has 0 aromatic rings. The van der Waals surface area contributed by atoms with Gasteiger partial charge in [0, 0.05) is 19.4 Å². The van der Waals surface area contributed by atoms with E-state index in [4.69, 9.17) is 24.3 Å². The number of phosphoric acid groups is 1. The van der Waals surface area contributed by atoms with Crippen molar-refractivity contribution in [3.63, 3.8) is 0 Å². The second-order valence-electron chi connectivity index (χ2n) is 23.0. The van der Waals surface area contributed by atoms with E-state index in [-0.39, 0.29) is 38.6 Å². The lowest BCUT2D eigenvalue weighted by molar-refractivity contribution is -0.161. The zero-order valence-electron chi connectivity index (χ0n) is 52.6. The van der Waals surface area contributed by atoms with Crippen LogP contribution in [0.2, 0.25) is 0 Å². The molecule has 0 bridgehead atoms. The SMILES string of the molecule is CC/C=C\C/C=C\C/C=C\C/C=C\C/C=C\CCCCCCCCCCCCCCCCCCCCCCCCCCCC(=O)OC(COC(=O)CCCCCCCCCCCCCCCCCCCC)COP(=O)(O)OCCN. The maximum absolute atomic E-state index is 12.7. The van der Waals surface area contributed by atoms with Crippen molar-refractivity contribution in [1.82, 2.24) is 0 Å². The lowest BCUT2D eigenvalue weighted by atomic mass is 10.0. The van der Waals surface area contributed by atoms with Crippen molar-refractivity contribution in [3.8, 4) is 0 Å². The molecule has 2 atom stereocenters. The lowest BCUT2D eigenvalue weighted by Gasteiger charge is -2.19. The molecule has 0 aliphatic heterocycles. The highest BCUT2D eigenvalue weighted by molar-refractivity contribution is 7.47. The molecule has 9 nitrogen and oxygen atoms in total. The topological polar surface area (TPSA) is 134 Å². The first-order valence-corrected chi connectivity index (χ1v) is 35.8. The smallest absolute Gasteiger partial charge is 0.462 e. The molecule has 0 saturated carbocycles. The van der Waals surface area contributed by atoms with E-state index in [2.05, 4.69) is 74.6 Å². The normalized spacial score (nSPS) is 13.3. The summed E-state index contributed by atoms with van der Waals surface area (Å²) in [6, 6.07) is 0. The molecular formula is C70H130NO8P. The van der Waals surface area contributed by atoms with Gasteiger partial charge in [0.2, 0.25) is 0 Å². The predicted molar refractivity (Wildman–Crippen MR) is 344 cm³/mol. The minimum Gasteiger partial charge on any atom is -0.462 e. The minimum atomic E-state index is -4.39. The molecule has 0 amide bonds. The van der Waals surface area contributed by atoms with Crippen molar-refractivity contribution in [3.05, 3.63) is 60.8 Å². The summed E-state index contributed by atoms with van der Waals surface area (Å²) < 4.78 is 33.1. The Bertz CT molecular complexity index is 1490. The van der Waals surface area contributed by atoms with E-state index in [0.717, 1.165) is 64.2 Å². The summed E-state index contributed by atoms with van der Waals surface area (Å²) in [6.45, 7) is 3.69. The van der Waals surface area contributed by atoms with E-state index in [1.54, 1.807) is 0 Å². The summed E-state index contributed by atoms with van der Waals surface area (Å²) in [6.07, 6.45) is 84.7. The van der Waals surface area contributed by atoms with Gasteiger partial charge in [-0.15, -0.1) is 0 Å². The Balaban J connectivity index is 3.75. The van der Waals surface area contributed by atoms with Crippen molar-refractivity contribution >= 4 is 19.8 Å². The van der Waals surface area contributed by atoms with E-state index in [0.29, 0.717) is 6.42 Å². The van der Waals surface area contributed by atoms with Crippen molar-refractivity contribution in [2.24, 2.45) is 5.73 Å². The first-order valence-electron chi connectivity index (χ1n) is 34.3. The van der Waals surface area contributed by atoms with Crippen LogP contribution in [0.1, 0.15) is 341 Å². The van der Waals surface area contributed by atoms with E-state index in [1.165, 1.54) is 244 Å². The van der Waals surface area contributed by atoms with Crippen LogP contribution in [-0.4, -0.2) is 49.3 Å². The molecule has 0 radical (unpaired) electrons. The Kier molecular flexibility index (Phi) is 64.0. The van der Waals surface area contributed by atoms with Crippen LogP contribution in [-0.2, 0) is 32.7 Å². The molecule has 0 aliphatic rings. The number of esters is 2. The van der Waals surface area contributed by atoms with Crippen LogP contribution in [0, 0.1) is 0 Å². The van der Waals surface area contributed by atoms with Crippen LogP contribution in [0.4, 0.5) is 0 Å². The molecule has 0 rings (SSSR count). The summed E-state index contributed by atoms with van der Waals surface area (Å²) in [5.74, 6) is -0.806. The molecule has 0 aliphatic carbocycles. The van der Waals surface area contributed by atoms with Crippen LogP contribution in [0.5, 0.6) is 0 Å².